The monoisotopic (exact) mass is 472 g/mol. The molecule has 5 nitrogen and oxygen atoms in total. The summed E-state index contributed by atoms with van der Waals surface area (Å²) in [6.45, 7) is 5.25. The maximum Gasteiger partial charge on any atom is 0.416 e. The molecule has 1 saturated carbocycles. The number of benzene rings is 1. The van der Waals surface area contributed by atoms with Crippen molar-refractivity contribution < 1.29 is 27.4 Å². The van der Waals surface area contributed by atoms with Gasteiger partial charge in [0, 0.05) is 19.7 Å². The van der Waals surface area contributed by atoms with Crippen molar-refractivity contribution >= 4 is 6.09 Å². The van der Waals surface area contributed by atoms with Crippen molar-refractivity contribution in [1.29, 1.82) is 0 Å². The van der Waals surface area contributed by atoms with E-state index in [1.54, 1.807) is 11.9 Å². The Kier molecular flexibility index (Phi) is 11.5. The van der Waals surface area contributed by atoms with Gasteiger partial charge in [-0.2, -0.15) is 13.2 Å². The Labute approximate surface area is 196 Å². The minimum absolute atomic E-state index is 0.0450. The first-order chi connectivity index (χ1) is 15.7. The van der Waals surface area contributed by atoms with Crippen molar-refractivity contribution in [3.05, 3.63) is 29.8 Å². The van der Waals surface area contributed by atoms with E-state index < -0.39 is 17.8 Å². The van der Waals surface area contributed by atoms with Crippen LogP contribution in [0.25, 0.3) is 0 Å². The number of halogens is 3. The van der Waals surface area contributed by atoms with Crippen molar-refractivity contribution in [1.82, 2.24) is 9.80 Å². The maximum absolute atomic E-state index is 12.7. The van der Waals surface area contributed by atoms with Crippen molar-refractivity contribution in [2.24, 2.45) is 0 Å². The van der Waals surface area contributed by atoms with Crippen LogP contribution in [0.2, 0.25) is 0 Å². The number of rotatable bonds is 12. The highest BCUT2D eigenvalue weighted by Gasteiger charge is 2.31. The van der Waals surface area contributed by atoms with Gasteiger partial charge in [-0.25, -0.2) is 4.79 Å². The van der Waals surface area contributed by atoms with Gasteiger partial charge in [-0.3, -0.25) is 0 Å². The number of nitrogens with zero attached hydrogens (tertiary/aromatic N) is 2. The highest BCUT2D eigenvalue weighted by molar-refractivity contribution is 5.70. The normalized spacial score (nSPS) is 19.0. The van der Waals surface area contributed by atoms with Gasteiger partial charge in [0.15, 0.2) is 0 Å². The van der Waals surface area contributed by atoms with Gasteiger partial charge >= 0.3 is 12.3 Å². The van der Waals surface area contributed by atoms with Crippen LogP contribution in [0.3, 0.4) is 0 Å². The molecule has 1 aliphatic carbocycles. The van der Waals surface area contributed by atoms with E-state index in [0.717, 1.165) is 70.4 Å². The molecule has 0 aliphatic heterocycles. The van der Waals surface area contributed by atoms with Crippen LogP contribution in [-0.4, -0.2) is 61.8 Å². The van der Waals surface area contributed by atoms with Gasteiger partial charge in [0.1, 0.15) is 5.75 Å². The Bertz CT molecular complexity index is 689. The average molecular weight is 473 g/mol. The molecule has 0 atom stereocenters. The number of alkyl halides is 3. The summed E-state index contributed by atoms with van der Waals surface area (Å²) in [4.78, 5) is 16.3. The van der Waals surface area contributed by atoms with Crippen LogP contribution >= 0.6 is 0 Å². The summed E-state index contributed by atoms with van der Waals surface area (Å²) in [7, 11) is 3.85. The zero-order valence-electron chi connectivity index (χ0n) is 20.2. The molecule has 0 N–H and O–H groups in total. The van der Waals surface area contributed by atoms with E-state index in [1.165, 1.54) is 31.4 Å². The number of amides is 1. The summed E-state index contributed by atoms with van der Waals surface area (Å²) in [5.41, 5.74) is -0.770. The highest BCUT2D eigenvalue weighted by Crippen LogP contribution is 2.30. The lowest BCUT2D eigenvalue weighted by Gasteiger charge is -2.34. The number of hydrogen-bond donors (Lipinski definition) is 0. The summed E-state index contributed by atoms with van der Waals surface area (Å²) in [5.74, 6) is 0.105. The molecule has 1 fully saturated rings. The van der Waals surface area contributed by atoms with Crippen LogP contribution in [-0.2, 0) is 10.9 Å². The Balaban J connectivity index is 1.62. The molecule has 1 aromatic carbocycles. The van der Waals surface area contributed by atoms with Crippen LogP contribution < -0.4 is 4.74 Å². The van der Waals surface area contributed by atoms with Gasteiger partial charge in [0.25, 0.3) is 0 Å². The van der Waals surface area contributed by atoms with E-state index >= 15 is 0 Å². The number of hydrogen-bond acceptors (Lipinski definition) is 4. The molecule has 1 aliphatic rings. The van der Waals surface area contributed by atoms with Gasteiger partial charge in [0.2, 0.25) is 0 Å². The van der Waals surface area contributed by atoms with Gasteiger partial charge in [0.05, 0.1) is 11.7 Å². The van der Waals surface area contributed by atoms with E-state index in [1.807, 2.05) is 0 Å². The van der Waals surface area contributed by atoms with Crippen molar-refractivity contribution in [2.75, 3.05) is 33.8 Å². The molecule has 0 bridgehead atoms. The highest BCUT2D eigenvalue weighted by atomic mass is 19.4. The molecule has 0 saturated heterocycles. The van der Waals surface area contributed by atoms with Crippen LogP contribution in [0.5, 0.6) is 5.75 Å². The molecule has 0 radical (unpaired) electrons. The van der Waals surface area contributed by atoms with Crippen molar-refractivity contribution in [2.45, 2.75) is 83.0 Å². The lowest BCUT2D eigenvalue weighted by Crippen LogP contribution is -2.42. The molecule has 2 rings (SSSR count). The standard InChI is InChI=1S/C25H39F3N2O3/c1-4-5-6-17-29(2)18-7-8-19-32-22-15-11-21(12-16-22)30(3)24(31)33-23-13-9-20(10-14-23)25(26,27)28/h9-10,13-14,21-22H,4-8,11-12,15-19H2,1-3H3/t21-,22-. The number of carbonyl (C=O) groups is 1. The fourth-order valence-corrected chi connectivity index (χ4v) is 4.11. The largest absolute Gasteiger partial charge is 0.416 e. The molecular weight excluding hydrogens is 433 g/mol. The Morgan fingerprint density at radius 3 is 2.15 bits per heavy atom. The molecule has 33 heavy (non-hydrogen) atoms. The number of carbonyl (C=O) groups excluding carboxylic acids is 1. The first-order valence-electron chi connectivity index (χ1n) is 12.1. The van der Waals surface area contributed by atoms with Gasteiger partial charge < -0.3 is 19.3 Å². The second-order valence-electron chi connectivity index (χ2n) is 9.02. The molecular formula is C25H39F3N2O3. The van der Waals surface area contributed by atoms with Crippen molar-refractivity contribution in [3.63, 3.8) is 0 Å². The van der Waals surface area contributed by atoms with Crippen LogP contribution in [0.1, 0.15) is 70.3 Å². The topological polar surface area (TPSA) is 42.0 Å². The summed E-state index contributed by atoms with van der Waals surface area (Å²) in [6.07, 6.45) is 4.67. The van der Waals surface area contributed by atoms with Gasteiger partial charge in [-0.05, 0) is 89.3 Å². The second-order valence-corrected chi connectivity index (χ2v) is 9.02. The fraction of sp³-hybridized carbons (Fsp3) is 0.720. The first-order valence-corrected chi connectivity index (χ1v) is 12.1. The third-order valence-corrected chi connectivity index (χ3v) is 6.30. The Morgan fingerprint density at radius 2 is 1.58 bits per heavy atom. The van der Waals surface area contributed by atoms with E-state index in [2.05, 4.69) is 18.9 Å². The average Bonchev–Trinajstić information content (AvgIpc) is 2.78. The minimum atomic E-state index is -4.41. The van der Waals surface area contributed by atoms with Gasteiger partial charge in [-0.1, -0.05) is 19.8 Å². The van der Waals surface area contributed by atoms with Crippen LogP contribution in [0.15, 0.2) is 24.3 Å². The van der Waals surface area contributed by atoms with E-state index in [0.29, 0.717) is 0 Å². The van der Waals surface area contributed by atoms with Crippen LogP contribution in [0, 0.1) is 0 Å². The number of unbranched alkanes of at least 4 members (excludes halogenated alkanes) is 3. The molecule has 188 valence electrons. The predicted molar refractivity (Wildman–Crippen MR) is 123 cm³/mol. The van der Waals surface area contributed by atoms with Crippen LogP contribution in [0.4, 0.5) is 18.0 Å². The van der Waals surface area contributed by atoms with E-state index in [9.17, 15) is 18.0 Å². The quantitative estimate of drug-likeness (QED) is 0.332. The zero-order chi connectivity index (χ0) is 24.3. The third-order valence-electron chi connectivity index (χ3n) is 6.30. The summed E-state index contributed by atoms with van der Waals surface area (Å²) >= 11 is 0. The lowest BCUT2D eigenvalue weighted by atomic mass is 9.92. The predicted octanol–water partition coefficient (Wildman–Crippen LogP) is 6.37. The third kappa shape index (κ3) is 9.92. The summed E-state index contributed by atoms with van der Waals surface area (Å²) in [6, 6.07) is 4.21. The Hall–Kier alpha value is -1.80. The van der Waals surface area contributed by atoms with E-state index in [4.69, 9.17) is 9.47 Å². The maximum atomic E-state index is 12.7. The summed E-state index contributed by atoms with van der Waals surface area (Å²) in [5, 5.41) is 0. The zero-order valence-corrected chi connectivity index (χ0v) is 20.2. The molecule has 1 amide bonds. The fourth-order valence-electron chi connectivity index (χ4n) is 4.11. The van der Waals surface area contributed by atoms with Crippen molar-refractivity contribution in [3.8, 4) is 5.75 Å². The molecule has 0 spiro atoms. The second kappa shape index (κ2) is 13.8. The molecule has 0 aromatic heterocycles. The van der Waals surface area contributed by atoms with Gasteiger partial charge in [-0.15, -0.1) is 0 Å². The summed E-state index contributed by atoms with van der Waals surface area (Å²) < 4.78 is 49.3. The molecule has 8 heteroatoms. The molecule has 0 heterocycles. The lowest BCUT2D eigenvalue weighted by molar-refractivity contribution is -0.137. The molecule has 0 unspecified atom stereocenters. The first kappa shape index (κ1) is 27.4. The minimum Gasteiger partial charge on any atom is -0.410 e. The van der Waals surface area contributed by atoms with E-state index in [-0.39, 0.29) is 17.9 Å². The SMILES string of the molecule is CCCCCN(C)CCCCO[C@H]1CC[C@H](N(C)C(=O)Oc2ccc(C(F)(F)F)cc2)CC1. The molecule has 1 aromatic rings. The Morgan fingerprint density at radius 1 is 0.970 bits per heavy atom. The smallest absolute Gasteiger partial charge is 0.410 e. The number of ether oxygens (including phenoxy) is 2.